The molecule has 1 N–H and O–H groups in total. The Labute approximate surface area is 120 Å². The molecule has 114 valence electrons. The number of ether oxygens (including phenoxy) is 1. The van der Waals surface area contributed by atoms with Gasteiger partial charge in [-0.2, -0.15) is 0 Å². The van der Waals surface area contributed by atoms with Gasteiger partial charge in [0.2, 0.25) is 0 Å². The molecule has 2 nitrogen and oxygen atoms in total. The predicted molar refractivity (Wildman–Crippen MR) is 77.9 cm³/mol. The summed E-state index contributed by atoms with van der Waals surface area (Å²) in [7, 11) is 0. The van der Waals surface area contributed by atoms with Crippen LogP contribution < -0.4 is 10.1 Å². The summed E-state index contributed by atoms with van der Waals surface area (Å²) in [5, 5.41) is 3.11. The molecule has 1 aromatic carbocycles. The molecule has 0 aliphatic carbocycles. The van der Waals surface area contributed by atoms with E-state index in [1.165, 1.54) is 12.1 Å². The van der Waals surface area contributed by atoms with E-state index < -0.39 is 11.6 Å². The van der Waals surface area contributed by atoms with Crippen LogP contribution in [0.3, 0.4) is 0 Å². The molecule has 0 saturated carbocycles. The van der Waals surface area contributed by atoms with Gasteiger partial charge in [0, 0.05) is 6.54 Å². The Morgan fingerprint density at radius 1 is 1.15 bits per heavy atom. The average Bonchev–Trinajstić information content (AvgIpc) is 2.32. The van der Waals surface area contributed by atoms with Gasteiger partial charge in [-0.15, -0.1) is 0 Å². The Bertz CT molecular complexity index is 404. The van der Waals surface area contributed by atoms with Crippen molar-refractivity contribution in [1.29, 1.82) is 0 Å². The van der Waals surface area contributed by atoms with Crippen molar-refractivity contribution >= 4 is 0 Å². The third kappa shape index (κ3) is 5.87. The van der Waals surface area contributed by atoms with Gasteiger partial charge in [-0.3, -0.25) is 0 Å². The van der Waals surface area contributed by atoms with Crippen LogP contribution in [-0.2, 0) is 6.54 Å². The molecule has 0 saturated heterocycles. The van der Waals surface area contributed by atoms with Crippen molar-refractivity contribution < 1.29 is 13.5 Å². The first-order valence-electron chi connectivity index (χ1n) is 7.15. The monoisotopic (exact) mass is 285 g/mol. The zero-order chi connectivity index (χ0) is 15.2. The zero-order valence-electron chi connectivity index (χ0n) is 12.9. The van der Waals surface area contributed by atoms with Crippen LogP contribution in [0.2, 0.25) is 0 Å². The van der Waals surface area contributed by atoms with Crippen molar-refractivity contribution in [2.24, 2.45) is 5.41 Å². The molecule has 20 heavy (non-hydrogen) atoms. The Kier molecular flexibility index (Phi) is 6.40. The largest absolute Gasteiger partial charge is 0.488 e. The van der Waals surface area contributed by atoms with Crippen molar-refractivity contribution in [3.63, 3.8) is 0 Å². The first-order valence-corrected chi connectivity index (χ1v) is 7.15. The molecule has 0 radical (unpaired) electrons. The van der Waals surface area contributed by atoms with Crippen molar-refractivity contribution in [3.05, 3.63) is 29.3 Å². The first kappa shape index (κ1) is 16.9. The van der Waals surface area contributed by atoms with Gasteiger partial charge < -0.3 is 10.1 Å². The lowest BCUT2D eigenvalue weighted by Crippen LogP contribution is -2.15. The fourth-order valence-corrected chi connectivity index (χ4v) is 1.72. The van der Waals surface area contributed by atoms with Crippen molar-refractivity contribution in [1.82, 2.24) is 5.32 Å². The molecule has 0 unspecified atom stereocenters. The molecule has 4 heteroatoms. The number of rotatable bonds is 7. The molecule has 0 amide bonds. The topological polar surface area (TPSA) is 21.3 Å². The highest BCUT2D eigenvalue weighted by Gasteiger charge is 2.15. The minimum atomic E-state index is -0.632. The van der Waals surface area contributed by atoms with E-state index in [2.05, 4.69) is 26.1 Å². The first-order chi connectivity index (χ1) is 9.33. The molecule has 0 spiro atoms. The van der Waals surface area contributed by atoms with Crippen LogP contribution in [0.4, 0.5) is 8.78 Å². The normalized spacial score (nSPS) is 11.7. The molecule has 0 heterocycles. The summed E-state index contributed by atoms with van der Waals surface area (Å²) in [6.45, 7) is 9.82. The number of hydrogen-bond donors (Lipinski definition) is 1. The number of benzene rings is 1. The van der Waals surface area contributed by atoms with Gasteiger partial charge in [0.25, 0.3) is 0 Å². The molecule has 0 aromatic heterocycles. The van der Waals surface area contributed by atoms with Gasteiger partial charge in [-0.1, -0.05) is 27.7 Å². The van der Waals surface area contributed by atoms with E-state index in [4.69, 9.17) is 4.74 Å². The molecule has 0 atom stereocenters. The third-order valence-electron chi connectivity index (χ3n) is 2.91. The summed E-state index contributed by atoms with van der Waals surface area (Å²) >= 11 is 0. The van der Waals surface area contributed by atoms with Crippen LogP contribution in [0.1, 0.15) is 46.1 Å². The van der Waals surface area contributed by atoms with Crippen LogP contribution in [-0.4, -0.2) is 13.2 Å². The summed E-state index contributed by atoms with van der Waals surface area (Å²) in [6.07, 6.45) is 1.73. The van der Waals surface area contributed by atoms with E-state index in [1.807, 2.05) is 6.92 Å². The van der Waals surface area contributed by atoms with Crippen LogP contribution in [0.5, 0.6) is 5.75 Å². The Hall–Kier alpha value is -1.16. The zero-order valence-corrected chi connectivity index (χ0v) is 12.9. The van der Waals surface area contributed by atoms with Crippen LogP contribution >= 0.6 is 0 Å². The lowest BCUT2D eigenvalue weighted by molar-refractivity contribution is 0.226. The SMILES string of the molecule is CCCNCc1cc(F)c(OCCC(C)(C)C)c(F)c1. The van der Waals surface area contributed by atoms with Gasteiger partial charge in [-0.05, 0) is 42.5 Å². The van der Waals surface area contributed by atoms with E-state index in [-0.39, 0.29) is 11.2 Å². The smallest absolute Gasteiger partial charge is 0.190 e. The maximum absolute atomic E-state index is 13.8. The maximum Gasteiger partial charge on any atom is 0.190 e. The van der Waals surface area contributed by atoms with Gasteiger partial charge >= 0.3 is 0 Å². The Balaban J connectivity index is 2.64. The predicted octanol–water partition coefficient (Wildman–Crippen LogP) is 4.28. The van der Waals surface area contributed by atoms with Crippen molar-refractivity contribution in [2.45, 2.75) is 47.1 Å². The number of hydrogen-bond acceptors (Lipinski definition) is 2. The minimum Gasteiger partial charge on any atom is -0.488 e. The quantitative estimate of drug-likeness (QED) is 0.755. The Morgan fingerprint density at radius 2 is 1.75 bits per heavy atom. The fourth-order valence-electron chi connectivity index (χ4n) is 1.72. The van der Waals surface area contributed by atoms with Gasteiger partial charge in [0.05, 0.1) is 6.61 Å². The lowest BCUT2D eigenvalue weighted by atomic mass is 9.93. The molecule has 0 aliphatic rings. The standard InChI is InChI=1S/C16H25F2NO/c1-5-7-19-11-12-9-13(17)15(14(18)10-12)20-8-6-16(2,3)4/h9-10,19H,5-8,11H2,1-4H3. The van der Waals surface area contributed by atoms with E-state index in [1.54, 1.807) is 0 Å². The maximum atomic E-state index is 13.8. The van der Waals surface area contributed by atoms with Crippen molar-refractivity contribution in [2.75, 3.05) is 13.2 Å². The summed E-state index contributed by atoms with van der Waals surface area (Å²) in [6, 6.07) is 2.66. The fraction of sp³-hybridized carbons (Fsp3) is 0.625. The minimum absolute atomic E-state index is 0.0803. The number of nitrogens with one attached hydrogen (secondary N) is 1. The van der Waals surface area contributed by atoms with Crippen LogP contribution in [0.15, 0.2) is 12.1 Å². The second-order valence-corrected chi connectivity index (χ2v) is 6.22. The lowest BCUT2D eigenvalue weighted by Gasteiger charge is -2.18. The van der Waals surface area contributed by atoms with E-state index >= 15 is 0 Å². The summed E-state index contributed by atoms with van der Waals surface area (Å²) < 4.78 is 32.9. The van der Waals surface area contributed by atoms with Gasteiger partial charge in [0.15, 0.2) is 17.4 Å². The second-order valence-electron chi connectivity index (χ2n) is 6.22. The van der Waals surface area contributed by atoms with Gasteiger partial charge in [0.1, 0.15) is 0 Å². The summed E-state index contributed by atoms with van der Waals surface area (Å²) in [4.78, 5) is 0. The van der Waals surface area contributed by atoms with E-state index in [0.717, 1.165) is 19.4 Å². The third-order valence-corrected chi connectivity index (χ3v) is 2.91. The summed E-state index contributed by atoms with van der Waals surface area (Å²) in [5.74, 6) is -1.53. The second kappa shape index (κ2) is 7.58. The van der Waals surface area contributed by atoms with Gasteiger partial charge in [-0.25, -0.2) is 8.78 Å². The Morgan fingerprint density at radius 3 is 2.25 bits per heavy atom. The average molecular weight is 285 g/mol. The summed E-state index contributed by atoms with van der Waals surface area (Å²) in [5.41, 5.74) is 0.674. The molecule has 0 bridgehead atoms. The molecular formula is C16H25F2NO. The van der Waals surface area contributed by atoms with E-state index in [9.17, 15) is 8.78 Å². The highest BCUT2D eigenvalue weighted by atomic mass is 19.1. The number of halogens is 2. The molecule has 1 aromatic rings. The molecule has 0 fully saturated rings. The molecule has 1 rings (SSSR count). The molecular weight excluding hydrogens is 260 g/mol. The van der Waals surface area contributed by atoms with E-state index in [0.29, 0.717) is 18.7 Å². The van der Waals surface area contributed by atoms with Crippen molar-refractivity contribution in [3.8, 4) is 5.75 Å². The highest BCUT2D eigenvalue weighted by molar-refractivity contribution is 5.31. The van der Waals surface area contributed by atoms with Crippen LogP contribution in [0, 0.1) is 17.0 Å². The van der Waals surface area contributed by atoms with Crippen LogP contribution in [0.25, 0.3) is 0 Å². The molecule has 0 aliphatic heterocycles. The highest BCUT2D eigenvalue weighted by Crippen LogP contribution is 2.25.